The molecule has 11 heteroatoms. The summed E-state index contributed by atoms with van der Waals surface area (Å²) in [7, 11) is 0. The Morgan fingerprint density at radius 2 is 1.74 bits per heavy atom. The Morgan fingerprint density at radius 3 is 2.26 bits per heavy atom. The van der Waals surface area contributed by atoms with Crippen LogP contribution in [0.3, 0.4) is 0 Å². The van der Waals surface area contributed by atoms with E-state index in [1.54, 1.807) is 0 Å². The van der Waals surface area contributed by atoms with Gasteiger partial charge in [0.1, 0.15) is 40.0 Å². The number of nitrogens with one attached hydrogen (secondary N) is 1. The third kappa shape index (κ3) is 3.58. The van der Waals surface area contributed by atoms with Crippen LogP contribution < -0.4 is 10.1 Å². The first kappa shape index (κ1) is 24.5. The zero-order valence-corrected chi connectivity index (χ0v) is 18.8. The SMILES string of the molecule is CC(=O)c1c(O)c(C)c(O)c2c1OC1=CC(=O)/C(=C(/C)N[C@H](CCC(=O)O)C(=O)O)C(=O)[C@@]12C. The molecule has 0 spiro atoms. The van der Waals surface area contributed by atoms with Crippen LogP contribution >= 0.6 is 0 Å². The van der Waals surface area contributed by atoms with Crippen molar-refractivity contribution < 1.29 is 49.1 Å². The van der Waals surface area contributed by atoms with E-state index in [2.05, 4.69) is 5.32 Å². The number of ketones is 3. The molecule has 1 heterocycles. The van der Waals surface area contributed by atoms with Crippen molar-refractivity contribution >= 4 is 29.3 Å². The number of phenols is 2. The standard InChI is InChI=1S/C23H23NO10/c1-8-18(29)16(10(3)25)20-17(19(8)30)23(4)13(34-20)7-12(26)15(21(23)31)9(2)24-11(22(32)33)5-6-14(27)28/h7,11,24,29-30H,5-6H2,1-4H3,(H,27,28)(H,32,33)/b15-9+/t11-,23+/m1/s1. The second-order valence-electron chi connectivity index (χ2n) is 8.35. The maximum Gasteiger partial charge on any atom is 0.326 e. The van der Waals surface area contributed by atoms with E-state index in [-0.39, 0.29) is 40.3 Å². The minimum Gasteiger partial charge on any atom is -0.507 e. The molecular formula is C23H23NO10. The van der Waals surface area contributed by atoms with Gasteiger partial charge in [0.2, 0.25) is 0 Å². The van der Waals surface area contributed by atoms with Crippen molar-refractivity contribution in [2.75, 3.05) is 0 Å². The lowest BCUT2D eigenvalue weighted by Crippen LogP contribution is -2.43. The second-order valence-corrected chi connectivity index (χ2v) is 8.35. The van der Waals surface area contributed by atoms with Gasteiger partial charge in [-0.1, -0.05) is 0 Å². The highest BCUT2D eigenvalue weighted by atomic mass is 16.5. The Hall–Kier alpha value is -4.15. The molecule has 2 atom stereocenters. The van der Waals surface area contributed by atoms with Crippen LogP contribution in [-0.2, 0) is 24.6 Å². The minimum absolute atomic E-state index is 0.0558. The van der Waals surface area contributed by atoms with Gasteiger partial charge >= 0.3 is 11.9 Å². The molecule has 180 valence electrons. The molecule has 1 aromatic rings. The predicted molar refractivity (Wildman–Crippen MR) is 115 cm³/mol. The zero-order chi connectivity index (χ0) is 25.7. The number of rotatable bonds is 7. The number of benzene rings is 1. The lowest BCUT2D eigenvalue weighted by Gasteiger charge is -2.29. The van der Waals surface area contributed by atoms with Crippen LogP contribution in [0.25, 0.3) is 0 Å². The second kappa shape index (κ2) is 8.32. The van der Waals surface area contributed by atoms with E-state index in [1.165, 1.54) is 27.7 Å². The van der Waals surface area contributed by atoms with Gasteiger partial charge in [0.15, 0.2) is 17.3 Å². The molecule has 11 nitrogen and oxygen atoms in total. The first-order valence-corrected chi connectivity index (χ1v) is 10.2. The van der Waals surface area contributed by atoms with Gasteiger partial charge in [0.05, 0.1) is 11.1 Å². The van der Waals surface area contributed by atoms with Gasteiger partial charge in [-0.25, -0.2) is 4.79 Å². The Labute approximate surface area is 193 Å². The normalized spacial score (nSPS) is 21.1. The Kier molecular flexibility index (Phi) is 6.00. The number of carboxylic acid groups (broad SMARTS) is 2. The summed E-state index contributed by atoms with van der Waals surface area (Å²) in [4.78, 5) is 61.1. The minimum atomic E-state index is -1.74. The van der Waals surface area contributed by atoms with E-state index in [1.807, 2.05) is 0 Å². The van der Waals surface area contributed by atoms with Gasteiger partial charge in [-0.15, -0.1) is 0 Å². The summed E-state index contributed by atoms with van der Waals surface area (Å²) in [5.74, 6) is -6.18. The number of allylic oxidation sites excluding steroid dienone is 4. The Balaban J connectivity index is 2.17. The molecule has 0 radical (unpaired) electrons. The third-order valence-corrected chi connectivity index (χ3v) is 6.10. The highest BCUT2D eigenvalue weighted by molar-refractivity contribution is 6.31. The summed E-state index contributed by atoms with van der Waals surface area (Å²) >= 11 is 0. The number of hydrogen-bond donors (Lipinski definition) is 5. The summed E-state index contributed by atoms with van der Waals surface area (Å²) in [6.45, 7) is 5.21. The van der Waals surface area contributed by atoms with E-state index < -0.39 is 64.2 Å². The van der Waals surface area contributed by atoms with Crippen LogP contribution in [0.1, 0.15) is 55.1 Å². The van der Waals surface area contributed by atoms with Crippen LogP contribution in [0, 0.1) is 6.92 Å². The average Bonchev–Trinajstić information content (AvgIpc) is 3.02. The maximum atomic E-state index is 13.7. The number of Topliss-reactive ketones (excluding diaryl/α,β-unsaturated/α-hetero) is 2. The fourth-order valence-electron chi connectivity index (χ4n) is 4.22. The van der Waals surface area contributed by atoms with Crippen LogP contribution in [0.2, 0.25) is 0 Å². The molecule has 0 amide bonds. The fourth-order valence-corrected chi connectivity index (χ4v) is 4.22. The number of carbonyl (C=O) groups is 5. The van der Waals surface area contributed by atoms with Crippen molar-refractivity contribution in [1.29, 1.82) is 0 Å². The van der Waals surface area contributed by atoms with Gasteiger partial charge in [0, 0.05) is 23.8 Å². The first-order valence-electron chi connectivity index (χ1n) is 10.2. The van der Waals surface area contributed by atoms with E-state index in [4.69, 9.17) is 9.84 Å². The van der Waals surface area contributed by atoms with Crippen LogP contribution in [-0.4, -0.2) is 55.8 Å². The lowest BCUT2D eigenvalue weighted by molar-refractivity contribution is -0.140. The molecule has 1 aliphatic heterocycles. The van der Waals surface area contributed by atoms with Crippen molar-refractivity contribution in [2.45, 2.75) is 52.0 Å². The number of fused-ring (bicyclic) bond motifs is 3. The highest BCUT2D eigenvalue weighted by Gasteiger charge is 2.56. The van der Waals surface area contributed by atoms with E-state index >= 15 is 0 Å². The highest BCUT2D eigenvalue weighted by Crippen LogP contribution is 2.57. The third-order valence-electron chi connectivity index (χ3n) is 6.10. The largest absolute Gasteiger partial charge is 0.507 e. The van der Waals surface area contributed by atoms with Crippen molar-refractivity contribution in [3.63, 3.8) is 0 Å². The summed E-state index contributed by atoms with van der Waals surface area (Å²) < 4.78 is 5.65. The average molecular weight is 473 g/mol. The van der Waals surface area contributed by atoms with Crippen LogP contribution in [0.5, 0.6) is 17.2 Å². The Bertz CT molecular complexity index is 1240. The molecule has 0 aromatic heterocycles. The van der Waals surface area contributed by atoms with Gasteiger partial charge in [-0.3, -0.25) is 19.2 Å². The van der Waals surface area contributed by atoms with Crippen molar-refractivity contribution in [1.82, 2.24) is 5.32 Å². The molecule has 0 unspecified atom stereocenters. The number of carboxylic acids is 2. The number of ether oxygens (including phenoxy) is 1. The Morgan fingerprint density at radius 1 is 1.12 bits per heavy atom. The smallest absolute Gasteiger partial charge is 0.326 e. The molecule has 3 rings (SSSR count). The monoisotopic (exact) mass is 473 g/mol. The molecule has 1 aromatic carbocycles. The number of aliphatic carboxylic acids is 2. The molecule has 2 aliphatic rings. The topological polar surface area (TPSA) is 188 Å². The summed E-state index contributed by atoms with van der Waals surface area (Å²) in [5.41, 5.74) is -2.64. The van der Waals surface area contributed by atoms with Crippen molar-refractivity contribution in [2.24, 2.45) is 0 Å². The van der Waals surface area contributed by atoms with Gasteiger partial charge in [-0.2, -0.15) is 0 Å². The molecule has 1 aliphatic carbocycles. The van der Waals surface area contributed by atoms with Crippen LogP contribution in [0.15, 0.2) is 23.1 Å². The van der Waals surface area contributed by atoms with E-state index in [9.17, 15) is 39.3 Å². The maximum absolute atomic E-state index is 13.7. The zero-order valence-electron chi connectivity index (χ0n) is 18.8. The molecule has 0 saturated carbocycles. The summed E-state index contributed by atoms with van der Waals surface area (Å²) in [6.07, 6.45) is 0.246. The quantitative estimate of drug-likeness (QED) is 0.219. The fraction of sp³-hybridized carbons (Fsp3) is 0.348. The van der Waals surface area contributed by atoms with Gasteiger partial charge in [0.25, 0.3) is 0 Å². The number of phenolic OH excluding ortho intramolecular Hbond substituents is 2. The molecular weight excluding hydrogens is 450 g/mol. The summed E-state index contributed by atoms with van der Waals surface area (Å²) in [5, 5.41) is 41.9. The summed E-state index contributed by atoms with van der Waals surface area (Å²) in [6, 6.07) is -1.38. The van der Waals surface area contributed by atoms with Crippen molar-refractivity contribution in [3.05, 3.63) is 39.8 Å². The molecule has 0 bridgehead atoms. The molecule has 5 N–H and O–H groups in total. The van der Waals surface area contributed by atoms with Crippen molar-refractivity contribution in [3.8, 4) is 17.2 Å². The lowest BCUT2D eigenvalue weighted by atomic mass is 9.70. The van der Waals surface area contributed by atoms with Crippen LogP contribution in [0.4, 0.5) is 0 Å². The van der Waals surface area contributed by atoms with E-state index in [0.29, 0.717) is 0 Å². The van der Waals surface area contributed by atoms with E-state index in [0.717, 1.165) is 6.08 Å². The van der Waals surface area contributed by atoms with Gasteiger partial charge in [-0.05, 0) is 34.1 Å². The predicted octanol–water partition coefficient (Wildman–Crippen LogP) is 1.48. The molecule has 0 fully saturated rings. The molecule has 0 saturated heterocycles. The number of hydrogen-bond acceptors (Lipinski definition) is 9. The molecule has 34 heavy (non-hydrogen) atoms. The van der Waals surface area contributed by atoms with Gasteiger partial charge < -0.3 is 30.5 Å². The first-order chi connectivity index (χ1) is 15.7. The number of aromatic hydroxyl groups is 2. The number of carbonyl (C=O) groups excluding carboxylic acids is 3.